The van der Waals surface area contributed by atoms with E-state index in [1.807, 2.05) is 0 Å². The topological polar surface area (TPSA) is 76.4 Å². The van der Waals surface area contributed by atoms with Crippen molar-refractivity contribution in [2.24, 2.45) is 0 Å². The summed E-state index contributed by atoms with van der Waals surface area (Å²) in [5.41, 5.74) is 1.94. The Morgan fingerprint density at radius 3 is 2.85 bits per heavy atom. The monoisotopic (exact) mass is 273 g/mol. The molecule has 5 nitrogen and oxygen atoms in total. The molecule has 0 aromatic heterocycles. The van der Waals surface area contributed by atoms with E-state index in [-0.39, 0.29) is 12.5 Å². The number of benzene rings is 1. The molecular formula is C15H19N3O2. The summed E-state index contributed by atoms with van der Waals surface area (Å²) in [4.78, 5) is 13.6. The van der Waals surface area contributed by atoms with Crippen molar-refractivity contribution in [1.29, 1.82) is 5.26 Å². The first-order valence-corrected chi connectivity index (χ1v) is 6.74. The van der Waals surface area contributed by atoms with Gasteiger partial charge in [0.1, 0.15) is 0 Å². The van der Waals surface area contributed by atoms with Gasteiger partial charge >= 0.3 is 0 Å². The van der Waals surface area contributed by atoms with Crippen LogP contribution in [0.4, 0.5) is 5.69 Å². The zero-order valence-electron chi connectivity index (χ0n) is 11.8. The maximum absolute atomic E-state index is 11.8. The third-order valence-electron chi connectivity index (χ3n) is 3.34. The van der Waals surface area contributed by atoms with Crippen LogP contribution in [-0.2, 0) is 4.79 Å². The van der Waals surface area contributed by atoms with Gasteiger partial charge in [0, 0.05) is 24.3 Å². The molecule has 1 aliphatic carbocycles. The Bertz CT molecular complexity index is 545. The second-order valence-electron chi connectivity index (χ2n) is 5.26. The molecule has 1 aromatic rings. The van der Waals surface area contributed by atoms with E-state index in [1.165, 1.54) is 0 Å². The molecule has 0 radical (unpaired) electrons. The summed E-state index contributed by atoms with van der Waals surface area (Å²) in [6.45, 7) is 1.88. The van der Waals surface area contributed by atoms with E-state index in [4.69, 9.17) is 5.26 Å². The molecule has 5 heteroatoms. The number of rotatable bonds is 5. The largest absolute Gasteiger partial charge is 0.389 e. The highest BCUT2D eigenvalue weighted by Gasteiger charge is 2.24. The second-order valence-corrected chi connectivity index (χ2v) is 5.26. The van der Waals surface area contributed by atoms with Gasteiger partial charge in [-0.15, -0.1) is 0 Å². The normalized spacial score (nSPS) is 15.3. The number of nitrogens with one attached hydrogen (secondary N) is 1. The Labute approximate surface area is 118 Å². The lowest BCUT2D eigenvalue weighted by molar-refractivity contribution is -0.119. The quantitative estimate of drug-likeness (QED) is 0.848. The summed E-state index contributed by atoms with van der Waals surface area (Å²) in [5.74, 6) is -0.0334. The summed E-state index contributed by atoms with van der Waals surface area (Å²) >= 11 is 0. The molecule has 1 amide bonds. The summed E-state index contributed by atoms with van der Waals surface area (Å²) < 4.78 is 0. The molecule has 2 rings (SSSR count). The smallest absolute Gasteiger partial charge is 0.239 e. The number of carbonyl (C=O) groups is 1. The van der Waals surface area contributed by atoms with Gasteiger partial charge < -0.3 is 15.3 Å². The highest BCUT2D eigenvalue weighted by atomic mass is 16.3. The summed E-state index contributed by atoms with van der Waals surface area (Å²) in [7, 11) is 1.79. The molecule has 1 fully saturated rings. The number of amides is 1. The van der Waals surface area contributed by atoms with Crippen molar-refractivity contribution < 1.29 is 9.90 Å². The van der Waals surface area contributed by atoms with Gasteiger partial charge in [-0.05, 0) is 31.9 Å². The number of anilines is 1. The van der Waals surface area contributed by atoms with Crippen LogP contribution in [0.3, 0.4) is 0 Å². The minimum atomic E-state index is -0.647. The molecular weight excluding hydrogens is 254 g/mol. The molecule has 0 unspecified atom stereocenters. The minimum absolute atomic E-state index is 0.0334. The first-order chi connectivity index (χ1) is 9.51. The van der Waals surface area contributed by atoms with Crippen molar-refractivity contribution in [3.05, 3.63) is 29.3 Å². The summed E-state index contributed by atoms with van der Waals surface area (Å²) in [5, 5.41) is 21.7. The first kappa shape index (κ1) is 14.4. The van der Waals surface area contributed by atoms with Crippen LogP contribution in [0.5, 0.6) is 0 Å². The van der Waals surface area contributed by atoms with E-state index in [0.717, 1.165) is 12.8 Å². The SMILES string of the molecule is C[C@H](O)c1ccc(C#N)cc1N(C)CC(=O)NC1CC1. The molecule has 1 saturated carbocycles. The molecule has 1 aromatic carbocycles. The van der Waals surface area contributed by atoms with E-state index in [9.17, 15) is 9.90 Å². The lowest BCUT2D eigenvalue weighted by Gasteiger charge is -2.23. The molecule has 2 N–H and O–H groups in total. The third kappa shape index (κ3) is 3.49. The van der Waals surface area contributed by atoms with E-state index in [0.29, 0.717) is 22.9 Å². The zero-order chi connectivity index (χ0) is 14.7. The molecule has 0 saturated heterocycles. The maximum Gasteiger partial charge on any atom is 0.239 e. The van der Waals surface area contributed by atoms with E-state index < -0.39 is 6.10 Å². The standard InChI is InChI=1S/C15H19N3O2/c1-10(19)13-6-3-11(8-16)7-14(13)18(2)9-15(20)17-12-4-5-12/h3,6-7,10,12,19H,4-5,9H2,1-2H3,(H,17,20)/t10-/m0/s1. The van der Waals surface area contributed by atoms with Gasteiger partial charge in [0.25, 0.3) is 0 Å². The Hall–Kier alpha value is -2.06. The number of nitrogens with zero attached hydrogens (tertiary/aromatic N) is 2. The summed E-state index contributed by atoms with van der Waals surface area (Å²) in [6, 6.07) is 7.51. The fourth-order valence-corrected chi connectivity index (χ4v) is 2.10. The minimum Gasteiger partial charge on any atom is -0.389 e. The molecule has 0 spiro atoms. The number of carbonyl (C=O) groups excluding carboxylic acids is 1. The second kappa shape index (κ2) is 5.93. The van der Waals surface area contributed by atoms with Crippen molar-refractivity contribution in [2.75, 3.05) is 18.5 Å². The predicted molar refractivity (Wildman–Crippen MR) is 76.2 cm³/mol. The van der Waals surface area contributed by atoms with Gasteiger partial charge in [-0.1, -0.05) is 6.07 Å². The Kier molecular flexibility index (Phi) is 4.26. The number of hydrogen-bond acceptors (Lipinski definition) is 4. The number of aliphatic hydroxyl groups is 1. The van der Waals surface area contributed by atoms with Crippen molar-refractivity contribution in [3.63, 3.8) is 0 Å². The number of hydrogen-bond donors (Lipinski definition) is 2. The van der Waals surface area contributed by atoms with Crippen molar-refractivity contribution in [1.82, 2.24) is 5.32 Å². The molecule has 106 valence electrons. The van der Waals surface area contributed by atoms with Crippen LogP contribution < -0.4 is 10.2 Å². The average molecular weight is 273 g/mol. The molecule has 0 heterocycles. The molecule has 0 aliphatic heterocycles. The van der Waals surface area contributed by atoms with Gasteiger partial charge in [-0.3, -0.25) is 4.79 Å². The fraction of sp³-hybridized carbons (Fsp3) is 0.467. The van der Waals surface area contributed by atoms with Gasteiger partial charge in [-0.2, -0.15) is 5.26 Å². The van der Waals surface area contributed by atoms with Crippen molar-refractivity contribution >= 4 is 11.6 Å². The van der Waals surface area contributed by atoms with E-state index in [2.05, 4.69) is 11.4 Å². The van der Waals surface area contributed by atoms with Crippen LogP contribution in [0.15, 0.2) is 18.2 Å². The van der Waals surface area contributed by atoms with Gasteiger partial charge in [0.2, 0.25) is 5.91 Å². The number of nitriles is 1. The predicted octanol–water partition coefficient (Wildman–Crippen LogP) is 1.33. The zero-order valence-corrected chi connectivity index (χ0v) is 11.8. The average Bonchev–Trinajstić information content (AvgIpc) is 3.21. The van der Waals surface area contributed by atoms with Gasteiger partial charge in [0.05, 0.1) is 24.3 Å². The Morgan fingerprint density at radius 1 is 1.60 bits per heavy atom. The van der Waals surface area contributed by atoms with Crippen LogP contribution in [-0.4, -0.2) is 30.6 Å². The number of aliphatic hydroxyl groups excluding tert-OH is 1. The Morgan fingerprint density at radius 2 is 2.30 bits per heavy atom. The first-order valence-electron chi connectivity index (χ1n) is 6.74. The van der Waals surface area contributed by atoms with E-state index >= 15 is 0 Å². The Balaban J connectivity index is 2.15. The molecule has 0 bridgehead atoms. The van der Waals surface area contributed by atoms with Crippen LogP contribution in [0.25, 0.3) is 0 Å². The highest BCUT2D eigenvalue weighted by Crippen LogP contribution is 2.27. The molecule has 1 aliphatic rings. The van der Waals surface area contributed by atoms with Gasteiger partial charge in [-0.25, -0.2) is 0 Å². The third-order valence-corrected chi connectivity index (χ3v) is 3.34. The fourth-order valence-electron chi connectivity index (χ4n) is 2.10. The van der Waals surface area contributed by atoms with Crippen LogP contribution in [0.1, 0.15) is 37.0 Å². The maximum atomic E-state index is 11.8. The highest BCUT2D eigenvalue weighted by molar-refractivity contribution is 5.82. The lowest BCUT2D eigenvalue weighted by atomic mass is 10.0. The van der Waals surface area contributed by atoms with E-state index in [1.54, 1.807) is 37.1 Å². The summed E-state index contributed by atoms with van der Waals surface area (Å²) in [6.07, 6.45) is 1.46. The molecule has 20 heavy (non-hydrogen) atoms. The van der Waals surface area contributed by atoms with Gasteiger partial charge in [0.15, 0.2) is 0 Å². The van der Waals surface area contributed by atoms with Crippen molar-refractivity contribution in [2.45, 2.75) is 31.9 Å². The van der Waals surface area contributed by atoms with Crippen LogP contribution in [0.2, 0.25) is 0 Å². The van der Waals surface area contributed by atoms with Crippen molar-refractivity contribution in [3.8, 4) is 6.07 Å². The van der Waals surface area contributed by atoms with Crippen LogP contribution in [0, 0.1) is 11.3 Å². The number of likely N-dealkylation sites (N-methyl/N-ethyl adjacent to an activating group) is 1. The lowest BCUT2D eigenvalue weighted by Crippen LogP contribution is -2.36. The van der Waals surface area contributed by atoms with Crippen LogP contribution >= 0.6 is 0 Å². The molecule has 1 atom stereocenters.